The second kappa shape index (κ2) is 4.16. The van der Waals surface area contributed by atoms with Crippen molar-refractivity contribution in [1.82, 2.24) is 0 Å². The molecule has 0 bridgehead atoms. The maximum absolute atomic E-state index is 11.3. The number of rotatable bonds is 4. The van der Waals surface area contributed by atoms with Crippen molar-refractivity contribution in [3.05, 3.63) is 22.8 Å². The van der Waals surface area contributed by atoms with E-state index in [0.717, 1.165) is 0 Å². The van der Waals surface area contributed by atoms with Crippen LogP contribution < -0.4 is 0 Å². The standard InChI is InChI=1S/C9H13NO3/c1-2-3-8-7(6-10(12)13)4-5-9(8)11/h2,7-8H,1,3-6H2. The molecule has 0 radical (unpaired) electrons. The van der Waals surface area contributed by atoms with Gasteiger partial charge in [0.2, 0.25) is 6.54 Å². The summed E-state index contributed by atoms with van der Waals surface area (Å²) in [5.74, 6) is -0.0600. The fourth-order valence-electron chi connectivity index (χ4n) is 1.89. The molecule has 0 saturated heterocycles. The molecule has 1 aliphatic rings. The van der Waals surface area contributed by atoms with Gasteiger partial charge in [0.05, 0.1) is 0 Å². The molecule has 0 aromatic rings. The van der Waals surface area contributed by atoms with Gasteiger partial charge in [-0.05, 0) is 12.8 Å². The average molecular weight is 183 g/mol. The van der Waals surface area contributed by atoms with Crippen LogP contribution in [-0.2, 0) is 4.79 Å². The highest BCUT2D eigenvalue weighted by Crippen LogP contribution is 2.31. The minimum Gasteiger partial charge on any atom is -0.299 e. The smallest absolute Gasteiger partial charge is 0.207 e. The number of allylic oxidation sites excluding steroid dienone is 1. The Labute approximate surface area is 76.8 Å². The first-order valence-electron chi connectivity index (χ1n) is 4.40. The second-order valence-electron chi connectivity index (χ2n) is 3.41. The van der Waals surface area contributed by atoms with E-state index in [1.165, 1.54) is 0 Å². The number of Topliss-reactive ketones (excluding diaryl/α,β-unsaturated/α-hetero) is 1. The first-order chi connectivity index (χ1) is 6.15. The Morgan fingerprint density at radius 1 is 1.69 bits per heavy atom. The molecule has 1 aliphatic carbocycles. The van der Waals surface area contributed by atoms with Gasteiger partial charge in [0, 0.05) is 23.2 Å². The van der Waals surface area contributed by atoms with Crippen LogP contribution in [0.5, 0.6) is 0 Å². The van der Waals surface area contributed by atoms with Gasteiger partial charge in [-0.3, -0.25) is 14.9 Å². The molecule has 2 atom stereocenters. The summed E-state index contributed by atoms with van der Waals surface area (Å²) in [4.78, 5) is 21.2. The lowest BCUT2D eigenvalue weighted by Crippen LogP contribution is -2.21. The molecular weight excluding hydrogens is 170 g/mol. The molecule has 1 rings (SSSR count). The number of ketones is 1. The zero-order chi connectivity index (χ0) is 9.84. The molecule has 1 fully saturated rings. The Hall–Kier alpha value is -1.19. The van der Waals surface area contributed by atoms with Gasteiger partial charge >= 0.3 is 0 Å². The Balaban J connectivity index is 2.58. The van der Waals surface area contributed by atoms with Crippen LogP contribution in [0, 0.1) is 22.0 Å². The van der Waals surface area contributed by atoms with E-state index in [9.17, 15) is 14.9 Å². The number of hydrogen-bond donors (Lipinski definition) is 0. The molecular formula is C9H13NO3. The van der Waals surface area contributed by atoms with E-state index in [2.05, 4.69) is 6.58 Å². The molecule has 72 valence electrons. The minimum atomic E-state index is -0.334. The van der Waals surface area contributed by atoms with Crippen LogP contribution in [0.3, 0.4) is 0 Å². The summed E-state index contributed by atoms with van der Waals surface area (Å²) >= 11 is 0. The number of hydrogen-bond acceptors (Lipinski definition) is 3. The Morgan fingerprint density at radius 3 is 2.92 bits per heavy atom. The molecule has 4 heteroatoms. The van der Waals surface area contributed by atoms with Gasteiger partial charge in [-0.2, -0.15) is 0 Å². The average Bonchev–Trinajstić information content (AvgIpc) is 2.35. The van der Waals surface area contributed by atoms with Gasteiger partial charge < -0.3 is 0 Å². The predicted octanol–water partition coefficient (Wildman–Crippen LogP) is 1.43. The molecule has 13 heavy (non-hydrogen) atoms. The summed E-state index contributed by atoms with van der Waals surface area (Å²) in [6.07, 6.45) is 3.41. The fourth-order valence-corrected chi connectivity index (χ4v) is 1.89. The van der Waals surface area contributed by atoms with Crippen molar-refractivity contribution in [1.29, 1.82) is 0 Å². The summed E-state index contributed by atoms with van der Waals surface area (Å²) in [5.41, 5.74) is 0. The first kappa shape index (κ1) is 9.89. The number of carbonyl (C=O) groups excluding carboxylic acids is 1. The molecule has 0 aromatic carbocycles. The third-order valence-electron chi connectivity index (χ3n) is 2.55. The number of nitrogens with zero attached hydrogens (tertiary/aromatic N) is 1. The minimum absolute atomic E-state index is 0.0690. The van der Waals surface area contributed by atoms with Crippen molar-refractivity contribution < 1.29 is 9.72 Å². The van der Waals surface area contributed by atoms with Crippen molar-refractivity contribution in [2.75, 3.05) is 6.54 Å². The van der Waals surface area contributed by atoms with Crippen LogP contribution >= 0.6 is 0 Å². The molecule has 0 aromatic heterocycles. The third-order valence-corrected chi connectivity index (χ3v) is 2.55. The van der Waals surface area contributed by atoms with E-state index in [4.69, 9.17) is 0 Å². The van der Waals surface area contributed by atoms with Crippen LogP contribution in [0.15, 0.2) is 12.7 Å². The molecule has 0 heterocycles. The van der Waals surface area contributed by atoms with Crippen LogP contribution in [-0.4, -0.2) is 17.3 Å². The molecule has 2 unspecified atom stereocenters. The van der Waals surface area contributed by atoms with Gasteiger partial charge in [0.25, 0.3) is 0 Å². The van der Waals surface area contributed by atoms with Crippen molar-refractivity contribution in [3.8, 4) is 0 Å². The van der Waals surface area contributed by atoms with Crippen molar-refractivity contribution >= 4 is 5.78 Å². The summed E-state index contributed by atoms with van der Waals surface area (Å²) in [7, 11) is 0. The van der Waals surface area contributed by atoms with Crippen LogP contribution in [0.2, 0.25) is 0 Å². The summed E-state index contributed by atoms with van der Waals surface area (Å²) < 4.78 is 0. The normalized spacial score (nSPS) is 27.5. The second-order valence-corrected chi connectivity index (χ2v) is 3.41. The molecule has 1 saturated carbocycles. The van der Waals surface area contributed by atoms with E-state index in [0.29, 0.717) is 19.3 Å². The van der Waals surface area contributed by atoms with E-state index in [1.807, 2.05) is 0 Å². The molecule has 0 spiro atoms. The van der Waals surface area contributed by atoms with Crippen molar-refractivity contribution in [2.45, 2.75) is 19.3 Å². The van der Waals surface area contributed by atoms with Crippen molar-refractivity contribution in [2.24, 2.45) is 11.8 Å². The summed E-state index contributed by atoms with van der Waals surface area (Å²) in [6.45, 7) is 3.47. The van der Waals surface area contributed by atoms with E-state index >= 15 is 0 Å². The molecule has 0 aliphatic heterocycles. The van der Waals surface area contributed by atoms with E-state index in [1.54, 1.807) is 6.08 Å². The lowest BCUT2D eigenvalue weighted by Gasteiger charge is -2.11. The third kappa shape index (κ3) is 2.37. The van der Waals surface area contributed by atoms with Crippen LogP contribution in [0.4, 0.5) is 0 Å². The van der Waals surface area contributed by atoms with Crippen LogP contribution in [0.1, 0.15) is 19.3 Å². The lowest BCUT2D eigenvalue weighted by atomic mass is 9.92. The van der Waals surface area contributed by atoms with Gasteiger partial charge in [-0.1, -0.05) is 6.08 Å². The monoisotopic (exact) mass is 183 g/mol. The van der Waals surface area contributed by atoms with Gasteiger partial charge in [0.1, 0.15) is 5.78 Å². The highest BCUT2D eigenvalue weighted by molar-refractivity contribution is 5.83. The Bertz CT molecular complexity index is 237. The van der Waals surface area contributed by atoms with Crippen molar-refractivity contribution in [3.63, 3.8) is 0 Å². The van der Waals surface area contributed by atoms with E-state index in [-0.39, 0.29) is 29.1 Å². The largest absolute Gasteiger partial charge is 0.299 e. The molecule has 0 amide bonds. The SMILES string of the molecule is C=CCC1C(=O)CCC1C[N+](=O)[O-]. The first-order valence-corrected chi connectivity index (χ1v) is 4.40. The summed E-state index contributed by atoms with van der Waals surface area (Å²) in [5, 5.41) is 10.3. The van der Waals surface area contributed by atoms with E-state index < -0.39 is 0 Å². The van der Waals surface area contributed by atoms with Gasteiger partial charge in [0.15, 0.2) is 0 Å². The molecule has 0 N–H and O–H groups in total. The number of carbonyl (C=O) groups is 1. The number of nitro groups is 1. The fraction of sp³-hybridized carbons (Fsp3) is 0.667. The van der Waals surface area contributed by atoms with Gasteiger partial charge in [-0.15, -0.1) is 6.58 Å². The topological polar surface area (TPSA) is 60.2 Å². The Kier molecular flexibility index (Phi) is 3.17. The van der Waals surface area contributed by atoms with Crippen LogP contribution in [0.25, 0.3) is 0 Å². The maximum atomic E-state index is 11.3. The highest BCUT2D eigenvalue weighted by atomic mass is 16.6. The quantitative estimate of drug-likeness (QED) is 0.376. The van der Waals surface area contributed by atoms with Gasteiger partial charge in [-0.25, -0.2) is 0 Å². The summed E-state index contributed by atoms with van der Waals surface area (Å²) in [6, 6.07) is 0. The predicted molar refractivity (Wildman–Crippen MR) is 47.9 cm³/mol. The molecule has 4 nitrogen and oxygen atoms in total. The maximum Gasteiger partial charge on any atom is 0.207 e. The lowest BCUT2D eigenvalue weighted by molar-refractivity contribution is -0.489. The highest BCUT2D eigenvalue weighted by Gasteiger charge is 2.36. The zero-order valence-corrected chi connectivity index (χ0v) is 7.44. The zero-order valence-electron chi connectivity index (χ0n) is 7.44. The Morgan fingerprint density at radius 2 is 2.38 bits per heavy atom.